The van der Waals surface area contributed by atoms with Crippen LogP contribution in [-0.2, 0) is 26.0 Å². The zero-order valence-electron chi connectivity index (χ0n) is 23.6. The van der Waals surface area contributed by atoms with Crippen LogP contribution in [0.3, 0.4) is 0 Å². The number of carbonyl (C=O) groups excluding carboxylic acids is 2. The zero-order valence-corrected chi connectivity index (χ0v) is 25.1. The number of hydrogen-bond donors (Lipinski definition) is 1. The van der Waals surface area contributed by atoms with Gasteiger partial charge in [-0.25, -0.2) is 8.42 Å². The largest absolute Gasteiger partial charge is 0.354 e. The maximum absolute atomic E-state index is 14.1. The van der Waals surface area contributed by atoms with Crippen molar-refractivity contribution in [1.29, 1.82) is 0 Å². The Morgan fingerprint density at radius 1 is 0.950 bits per heavy atom. The summed E-state index contributed by atoms with van der Waals surface area (Å²) >= 11 is 6.18. The highest BCUT2D eigenvalue weighted by Crippen LogP contribution is 2.29. The lowest BCUT2D eigenvalue weighted by Crippen LogP contribution is -2.53. The smallest absolute Gasteiger partial charge is 0.264 e. The Morgan fingerprint density at radius 2 is 1.62 bits per heavy atom. The number of aryl methyl sites for hydroxylation is 2. The lowest BCUT2D eigenvalue weighted by atomic mass is 10.1. The van der Waals surface area contributed by atoms with E-state index in [2.05, 4.69) is 5.32 Å². The van der Waals surface area contributed by atoms with Gasteiger partial charge in [0.15, 0.2) is 0 Å². The van der Waals surface area contributed by atoms with Crippen LogP contribution in [0.1, 0.15) is 43.4 Å². The predicted octanol–water partition coefficient (Wildman–Crippen LogP) is 5.53. The van der Waals surface area contributed by atoms with Gasteiger partial charge in [-0.2, -0.15) is 0 Å². The molecule has 214 valence electrons. The summed E-state index contributed by atoms with van der Waals surface area (Å²) in [4.78, 5) is 28.8. The van der Waals surface area contributed by atoms with Crippen molar-refractivity contribution in [3.63, 3.8) is 0 Å². The van der Waals surface area contributed by atoms with E-state index in [1.165, 1.54) is 17.0 Å². The second-order valence-corrected chi connectivity index (χ2v) is 12.1. The van der Waals surface area contributed by atoms with Crippen molar-refractivity contribution in [2.24, 2.45) is 0 Å². The van der Waals surface area contributed by atoms with E-state index >= 15 is 0 Å². The number of anilines is 1. The number of halogens is 1. The molecule has 0 spiro atoms. The first-order chi connectivity index (χ1) is 19.1. The van der Waals surface area contributed by atoms with Crippen molar-refractivity contribution < 1.29 is 18.0 Å². The van der Waals surface area contributed by atoms with Crippen LogP contribution in [0.15, 0.2) is 77.7 Å². The number of amides is 2. The highest BCUT2D eigenvalue weighted by Gasteiger charge is 2.33. The summed E-state index contributed by atoms with van der Waals surface area (Å²) in [6.07, 6.45) is 1.67. The summed E-state index contributed by atoms with van der Waals surface area (Å²) in [5.74, 6) is -0.708. The van der Waals surface area contributed by atoms with Crippen LogP contribution >= 0.6 is 11.6 Å². The van der Waals surface area contributed by atoms with Gasteiger partial charge in [0.2, 0.25) is 11.8 Å². The Balaban J connectivity index is 2.03. The number of nitrogens with zero attached hydrogens (tertiary/aromatic N) is 2. The molecule has 0 heterocycles. The third-order valence-electron chi connectivity index (χ3n) is 6.73. The minimum atomic E-state index is -4.13. The molecule has 0 bridgehead atoms. The molecule has 9 heteroatoms. The van der Waals surface area contributed by atoms with E-state index in [0.717, 1.165) is 21.9 Å². The first-order valence-corrected chi connectivity index (χ1v) is 15.4. The summed E-state index contributed by atoms with van der Waals surface area (Å²) in [6, 6.07) is 20.3. The minimum Gasteiger partial charge on any atom is -0.354 e. The second-order valence-electron chi connectivity index (χ2n) is 9.79. The van der Waals surface area contributed by atoms with Crippen LogP contribution in [-0.4, -0.2) is 50.8 Å². The van der Waals surface area contributed by atoms with Crippen LogP contribution in [0.25, 0.3) is 0 Å². The van der Waals surface area contributed by atoms with Gasteiger partial charge in [0.1, 0.15) is 12.6 Å². The summed E-state index contributed by atoms with van der Waals surface area (Å²) in [5.41, 5.74) is 2.89. The average molecular weight is 584 g/mol. The fourth-order valence-corrected chi connectivity index (χ4v) is 6.22. The Morgan fingerprint density at radius 3 is 2.23 bits per heavy atom. The van der Waals surface area contributed by atoms with Crippen LogP contribution in [0.2, 0.25) is 5.02 Å². The molecule has 3 rings (SSSR count). The number of hydrogen-bond acceptors (Lipinski definition) is 4. The minimum absolute atomic E-state index is 0.0730. The fourth-order valence-electron chi connectivity index (χ4n) is 4.51. The number of sulfonamides is 1. The maximum Gasteiger partial charge on any atom is 0.264 e. The molecule has 0 saturated carbocycles. The Bertz CT molecular complexity index is 1400. The molecule has 1 N–H and O–H groups in total. The van der Waals surface area contributed by atoms with Crippen molar-refractivity contribution in [3.8, 4) is 0 Å². The van der Waals surface area contributed by atoms with E-state index in [1.807, 2.05) is 51.1 Å². The molecule has 0 saturated heterocycles. The normalized spacial score (nSPS) is 12.0. The van der Waals surface area contributed by atoms with Gasteiger partial charge in [0.25, 0.3) is 10.0 Å². The SMILES string of the molecule is CCCNC(=O)[C@@H](CC)N(CCc1ccccc1)C(=O)CN(c1ccc(Cl)cc1C)S(=O)(=O)c1ccc(C)cc1. The molecule has 7 nitrogen and oxygen atoms in total. The first kappa shape index (κ1) is 31.2. The van der Waals surface area contributed by atoms with E-state index in [4.69, 9.17) is 11.6 Å². The molecule has 3 aromatic rings. The molecule has 0 unspecified atom stereocenters. The third kappa shape index (κ3) is 7.86. The second kappa shape index (κ2) is 14.3. The lowest BCUT2D eigenvalue weighted by molar-refractivity contribution is -0.139. The van der Waals surface area contributed by atoms with Gasteiger partial charge >= 0.3 is 0 Å². The van der Waals surface area contributed by atoms with Crippen LogP contribution in [0.4, 0.5) is 5.69 Å². The lowest BCUT2D eigenvalue weighted by Gasteiger charge is -2.33. The van der Waals surface area contributed by atoms with Gasteiger partial charge in [-0.1, -0.05) is 73.5 Å². The Hall–Kier alpha value is -3.36. The van der Waals surface area contributed by atoms with Crippen molar-refractivity contribution >= 4 is 39.1 Å². The van der Waals surface area contributed by atoms with Crippen molar-refractivity contribution in [2.45, 2.75) is 57.9 Å². The highest BCUT2D eigenvalue weighted by atomic mass is 35.5. The van der Waals surface area contributed by atoms with Crippen LogP contribution in [0.5, 0.6) is 0 Å². The standard InChI is InChI=1S/C31H38ClN3O4S/c1-5-19-33-31(37)28(6-2)34(20-18-25-10-8-7-9-11-25)30(36)22-35(29-17-14-26(32)21-24(29)4)40(38,39)27-15-12-23(3)13-16-27/h7-17,21,28H,5-6,18-20,22H2,1-4H3,(H,33,37)/t28-/m1/s1. The van der Waals surface area contributed by atoms with Gasteiger partial charge in [-0.3, -0.25) is 13.9 Å². The Labute approximate surface area is 243 Å². The van der Waals surface area contributed by atoms with E-state index < -0.39 is 28.5 Å². The molecule has 0 aromatic heterocycles. The molecule has 3 aromatic carbocycles. The summed E-state index contributed by atoms with van der Waals surface area (Å²) in [6.45, 7) is 7.73. The molecule has 0 aliphatic heterocycles. The van der Waals surface area contributed by atoms with Gasteiger partial charge in [-0.15, -0.1) is 0 Å². The highest BCUT2D eigenvalue weighted by molar-refractivity contribution is 7.92. The number of carbonyl (C=O) groups is 2. The van der Waals surface area contributed by atoms with E-state index in [0.29, 0.717) is 35.7 Å². The summed E-state index contributed by atoms with van der Waals surface area (Å²) in [7, 11) is -4.13. The Kier molecular flexibility index (Phi) is 11.2. The topological polar surface area (TPSA) is 86.8 Å². The molecular weight excluding hydrogens is 546 g/mol. The number of rotatable bonds is 13. The average Bonchev–Trinajstić information content (AvgIpc) is 2.93. The molecule has 2 amide bonds. The molecule has 0 radical (unpaired) electrons. The maximum atomic E-state index is 14.1. The quantitative estimate of drug-likeness (QED) is 0.287. The van der Waals surface area contributed by atoms with Gasteiger partial charge in [0, 0.05) is 18.1 Å². The molecular formula is C31H38ClN3O4S. The van der Waals surface area contributed by atoms with Crippen LogP contribution < -0.4 is 9.62 Å². The summed E-state index contributed by atoms with van der Waals surface area (Å²) < 4.78 is 29.1. The van der Waals surface area contributed by atoms with Gasteiger partial charge in [0.05, 0.1) is 10.6 Å². The van der Waals surface area contributed by atoms with Crippen molar-refractivity contribution in [2.75, 3.05) is 23.9 Å². The van der Waals surface area contributed by atoms with E-state index in [9.17, 15) is 18.0 Å². The monoisotopic (exact) mass is 583 g/mol. The van der Waals surface area contributed by atoms with Gasteiger partial charge < -0.3 is 10.2 Å². The van der Waals surface area contributed by atoms with Crippen molar-refractivity contribution in [3.05, 3.63) is 94.5 Å². The fraction of sp³-hybridized carbons (Fsp3) is 0.355. The first-order valence-electron chi connectivity index (χ1n) is 13.5. The van der Waals surface area contributed by atoms with E-state index in [-0.39, 0.29) is 17.3 Å². The molecule has 0 aliphatic carbocycles. The van der Waals surface area contributed by atoms with E-state index in [1.54, 1.807) is 37.3 Å². The van der Waals surface area contributed by atoms with Crippen LogP contribution in [0, 0.1) is 13.8 Å². The third-order valence-corrected chi connectivity index (χ3v) is 8.74. The van der Waals surface area contributed by atoms with Crippen molar-refractivity contribution in [1.82, 2.24) is 10.2 Å². The summed E-state index contributed by atoms with van der Waals surface area (Å²) in [5, 5.41) is 3.36. The number of nitrogens with one attached hydrogen (secondary N) is 1. The molecule has 0 aliphatic rings. The molecule has 40 heavy (non-hydrogen) atoms. The predicted molar refractivity (Wildman–Crippen MR) is 161 cm³/mol. The zero-order chi connectivity index (χ0) is 29.3. The number of benzene rings is 3. The van der Waals surface area contributed by atoms with Gasteiger partial charge in [-0.05, 0) is 74.6 Å². The molecule has 0 fully saturated rings. The molecule has 1 atom stereocenters.